The van der Waals surface area contributed by atoms with Crippen LogP contribution in [0.15, 0.2) is 35.6 Å². The molecular weight excluding hydrogens is 662 g/mol. The zero-order valence-corrected chi connectivity index (χ0v) is 25.8. The molecule has 0 saturated carbocycles. The van der Waals surface area contributed by atoms with Crippen molar-refractivity contribution >= 4 is 72.2 Å². The van der Waals surface area contributed by atoms with Crippen LogP contribution in [0.2, 0.25) is 0 Å². The molecule has 8 N–H and O–H groups in total. The van der Waals surface area contributed by atoms with Gasteiger partial charge in [-0.1, -0.05) is 12.2 Å². The highest BCUT2D eigenvalue weighted by Crippen LogP contribution is 2.53. The van der Waals surface area contributed by atoms with Crippen LogP contribution in [-0.4, -0.2) is 94.0 Å². The van der Waals surface area contributed by atoms with Gasteiger partial charge in [0, 0.05) is 12.4 Å². The van der Waals surface area contributed by atoms with E-state index in [9.17, 15) is 19.9 Å². The van der Waals surface area contributed by atoms with Crippen LogP contribution < -0.4 is 17.0 Å². The standard InChI is InChI=1S/C22H26N8O10P2S2/c23-16-8-1-3-29(17(8)26-7-25-16)20-13(32)14-11(38-20)5-35-41(43)39-15-12(31)10(6-36-42(34,44)40-14)37-21(15)30-4-2-9-18(30)27-22(24)28-19(9)33/h1-4,7,10-15,20-21,31-32,43H,5-6H2,(H,34,44)(H2,23,25,26)(H3,24,27,28,33). The van der Waals surface area contributed by atoms with Crippen molar-refractivity contribution < 1.29 is 42.7 Å². The van der Waals surface area contributed by atoms with E-state index >= 15 is 0 Å². The number of aromatic amines is 1. The normalized spacial score (nSPS) is 36.6. The number of H-pyrrole nitrogens is 1. The highest BCUT2D eigenvalue weighted by molar-refractivity contribution is 8.41. The van der Waals surface area contributed by atoms with Crippen LogP contribution in [0.4, 0.5) is 11.8 Å². The van der Waals surface area contributed by atoms with E-state index in [-0.39, 0.29) is 29.4 Å². The molecule has 3 aliphatic heterocycles. The first-order chi connectivity index (χ1) is 21.0. The molecule has 236 valence electrons. The van der Waals surface area contributed by atoms with E-state index in [2.05, 4.69) is 32.2 Å². The van der Waals surface area contributed by atoms with Gasteiger partial charge in [0.15, 0.2) is 18.1 Å². The fourth-order valence-electron chi connectivity index (χ4n) is 5.49. The molecular formula is C22H26N8O10P2S2. The molecule has 3 saturated heterocycles. The zero-order chi connectivity index (χ0) is 30.9. The first kappa shape index (κ1) is 30.4. The van der Waals surface area contributed by atoms with Crippen molar-refractivity contribution in [2.75, 3.05) is 24.7 Å². The maximum Gasteiger partial charge on any atom is 0.325 e. The maximum absolute atomic E-state index is 12.4. The molecule has 3 aliphatic rings. The number of nitrogens with two attached hydrogens (primary N) is 2. The fourth-order valence-corrected chi connectivity index (χ4v) is 8.24. The molecule has 10 atom stereocenters. The largest absolute Gasteiger partial charge is 0.387 e. The lowest BCUT2D eigenvalue weighted by atomic mass is 10.1. The number of aliphatic hydroxyl groups excluding tert-OH is 2. The summed E-state index contributed by atoms with van der Waals surface area (Å²) in [5, 5.41) is 23.3. The second kappa shape index (κ2) is 11.5. The van der Waals surface area contributed by atoms with Gasteiger partial charge in [-0.15, -0.1) is 0 Å². The molecule has 0 amide bonds. The van der Waals surface area contributed by atoms with Crippen LogP contribution in [0, 0.1) is 0 Å². The Morgan fingerprint density at radius 1 is 1.02 bits per heavy atom. The zero-order valence-electron chi connectivity index (χ0n) is 22.3. The van der Waals surface area contributed by atoms with Crippen LogP contribution >= 0.6 is 26.5 Å². The monoisotopic (exact) mass is 688 g/mol. The first-order valence-corrected chi connectivity index (χ1v) is 18.0. The van der Waals surface area contributed by atoms with Crippen LogP contribution in [0.1, 0.15) is 12.5 Å². The number of rotatable bonds is 2. The predicted molar refractivity (Wildman–Crippen MR) is 161 cm³/mol. The van der Waals surface area contributed by atoms with Crippen LogP contribution in [0.25, 0.3) is 22.1 Å². The van der Waals surface area contributed by atoms with Crippen LogP contribution in [0.5, 0.6) is 0 Å². The summed E-state index contributed by atoms with van der Waals surface area (Å²) in [7, 11) is -2.00. The Kier molecular flexibility index (Phi) is 7.94. The quantitative estimate of drug-likeness (QED) is 0.108. The number of nitrogen functional groups attached to an aromatic ring is 2. The third kappa shape index (κ3) is 5.32. The second-order valence-electron chi connectivity index (χ2n) is 10.2. The van der Waals surface area contributed by atoms with Gasteiger partial charge in [-0.2, -0.15) is 4.98 Å². The average molecular weight is 689 g/mol. The molecule has 22 heteroatoms. The Bertz CT molecular complexity index is 1830. The predicted octanol–water partition coefficient (Wildman–Crippen LogP) is 0.0412. The van der Waals surface area contributed by atoms with E-state index in [1.165, 1.54) is 23.2 Å². The molecule has 4 aromatic heterocycles. The Morgan fingerprint density at radius 2 is 1.75 bits per heavy atom. The van der Waals surface area contributed by atoms with E-state index in [0.717, 1.165) is 0 Å². The second-order valence-corrected chi connectivity index (χ2v) is 14.9. The van der Waals surface area contributed by atoms with E-state index in [4.69, 9.17) is 50.8 Å². The molecule has 4 aromatic rings. The average Bonchev–Trinajstić information content (AvgIpc) is 3.72. The maximum atomic E-state index is 12.4. The van der Waals surface area contributed by atoms with Gasteiger partial charge in [0.2, 0.25) is 13.5 Å². The van der Waals surface area contributed by atoms with Crippen molar-refractivity contribution in [1.82, 2.24) is 29.1 Å². The van der Waals surface area contributed by atoms with Gasteiger partial charge < -0.3 is 58.8 Å². The minimum atomic E-state index is -4.07. The van der Waals surface area contributed by atoms with Gasteiger partial charge in [-0.25, -0.2) is 9.97 Å². The summed E-state index contributed by atoms with van der Waals surface area (Å²) in [5.74, 6) is 0.130. The van der Waals surface area contributed by atoms with Crippen molar-refractivity contribution in [3.8, 4) is 0 Å². The van der Waals surface area contributed by atoms with Gasteiger partial charge in [0.05, 0.1) is 24.0 Å². The summed E-state index contributed by atoms with van der Waals surface area (Å²) >= 11 is 9.73. The summed E-state index contributed by atoms with van der Waals surface area (Å²) < 4.78 is 38.5. The van der Waals surface area contributed by atoms with Gasteiger partial charge in [0.1, 0.15) is 54.4 Å². The number of thiol groups is 1. The fraction of sp³-hybridized carbons (Fsp3) is 0.455. The van der Waals surface area contributed by atoms with Crippen molar-refractivity contribution in [3.63, 3.8) is 0 Å². The lowest BCUT2D eigenvalue weighted by Gasteiger charge is -2.27. The Labute approximate surface area is 258 Å². The minimum Gasteiger partial charge on any atom is -0.387 e. The van der Waals surface area contributed by atoms with Crippen LogP contribution in [0.3, 0.4) is 0 Å². The summed E-state index contributed by atoms with van der Waals surface area (Å²) in [6.45, 7) is -4.71. The number of aliphatic hydroxyl groups is 2. The van der Waals surface area contributed by atoms with Crippen molar-refractivity contribution in [1.29, 1.82) is 0 Å². The lowest BCUT2D eigenvalue weighted by molar-refractivity contribution is -0.0564. The SMILES string of the molecule is Nc1nc2c(ccn2C2OC3COP(O)(=S)OC4C(COP(S)OC2C3O)OC(n2ccc3c(N)ncnc32)C4O)c(=O)[nH]1. The van der Waals surface area contributed by atoms with E-state index < -0.39 is 75.5 Å². The van der Waals surface area contributed by atoms with E-state index in [1.807, 2.05) is 0 Å². The molecule has 7 heterocycles. The third-order valence-electron chi connectivity index (χ3n) is 7.53. The Balaban J connectivity index is 1.18. The summed E-state index contributed by atoms with van der Waals surface area (Å²) in [6.07, 6.45) is -4.68. The highest BCUT2D eigenvalue weighted by atomic mass is 32.7. The number of anilines is 2. The number of fused-ring (bicyclic) bond motifs is 5. The molecule has 3 fully saturated rings. The number of nitrogens with zero attached hydrogens (tertiary/aromatic N) is 5. The highest BCUT2D eigenvalue weighted by Gasteiger charge is 2.51. The lowest BCUT2D eigenvalue weighted by Crippen LogP contribution is -2.36. The molecule has 0 radical (unpaired) electrons. The first-order valence-electron chi connectivity index (χ1n) is 13.1. The van der Waals surface area contributed by atoms with Crippen molar-refractivity contribution in [2.45, 2.75) is 49.1 Å². The van der Waals surface area contributed by atoms with Crippen molar-refractivity contribution in [3.05, 3.63) is 41.2 Å². The molecule has 44 heavy (non-hydrogen) atoms. The number of aromatic nitrogens is 6. The molecule has 10 unspecified atom stereocenters. The number of hydrogen-bond donors (Lipinski definition) is 7. The molecule has 0 aliphatic carbocycles. The van der Waals surface area contributed by atoms with E-state index in [0.29, 0.717) is 11.0 Å². The Hall–Kier alpha value is -2.29. The summed E-state index contributed by atoms with van der Waals surface area (Å²) in [4.78, 5) is 38.3. The molecule has 18 nitrogen and oxygen atoms in total. The Morgan fingerprint density at radius 3 is 2.55 bits per heavy atom. The molecule has 0 aromatic carbocycles. The van der Waals surface area contributed by atoms with Gasteiger partial charge in [-0.3, -0.25) is 14.3 Å². The minimum absolute atomic E-state index is 0.117. The number of ether oxygens (including phenoxy) is 2. The van der Waals surface area contributed by atoms with Gasteiger partial charge in [0.25, 0.3) is 5.56 Å². The smallest absolute Gasteiger partial charge is 0.325 e. The molecule has 2 bridgehead atoms. The topological polar surface area (TPSA) is 250 Å². The molecule has 7 rings (SSSR count). The number of hydrogen-bond acceptors (Lipinski definition) is 16. The van der Waals surface area contributed by atoms with Crippen molar-refractivity contribution in [2.24, 2.45) is 0 Å². The van der Waals surface area contributed by atoms with E-state index in [1.54, 1.807) is 16.8 Å². The van der Waals surface area contributed by atoms with Gasteiger partial charge in [-0.05, 0) is 23.9 Å². The summed E-state index contributed by atoms with van der Waals surface area (Å²) in [5.41, 5.74) is 11.9. The van der Waals surface area contributed by atoms with Gasteiger partial charge >= 0.3 is 6.72 Å². The molecule has 0 spiro atoms. The van der Waals surface area contributed by atoms with Crippen LogP contribution in [-0.2, 0) is 39.4 Å². The summed E-state index contributed by atoms with van der Waals surface area (Å²) in [6, 6.07) is 3.20. The third-order valence-corrected chi connectivity index (χ3v) is 10.5. The number of nitrogens with one attached hydrogen (secondary N) is 1.